The summed E-state index contributed by atoms with van der Waals surface area (Å²) < 4.78 is 24.2. The first kappa shape index (κ1) is 20.6. The second kappa shape index (κ2) is 9.91. The molecule has 0 spiro atoms. The molecule has 0 saturated heterocycles. The van der Waals surface area contributed by atoms with Crippen LogP contribution in [0, 0.1) is 5.82 Å². The zero-order chi connectivity index (χ0) is 20.6. The standard InChI is InChI=1S/C22H25FN2O4/c1-15(17-7-10-19-20(14-17)29-13-3-12-28-19)25-21(26)4-2-11-24-22(27)16-5-8-18(23)9-6-16/h5-10,14-15H,2-4,11-13H2,1H3,(H,24,27)(H,25,26). The van der Waals surface area contributed by atoms with Crippen molar-refractivity contribution in [3.05, 3.63) is 59.4 Å². The topological polar surface area (TPSA) is 76.7 Å². The summed E-state index contributed by atoms with van der Waals surface area (Å²) in [5.41, 5.74) is 1.33. The lowest BCUT2D eigenvalue weighted by Crippen LogP contribution is -2.29. The van der Waals surface area contributed by atoms with Gasteiger partial charge in [0.05, 0.1) is 19.3 Å². The molecule has 7 heteroatoms. The maximum absolute atomic E-state index is 12.9. The number of ether oxygens (including phenoxy) is 2. The van der Waals surface area contributed by atoms with Crippen LogP contribution in [0.4, 0.5) is 4.39 Å². The van der Waals surface area contributed by atoms with Gasteiger partial charge in [-0.15, -0.1) is 0 Å². The molecule has 1 aliphatic heterocycles. The Labute approximate surface area is 169 Å². The van der Waals surface area contributed by atoms with Crippen molar-refractivity contribution in [2.24, 2.45) is 0 Å². The fraction of sp³-hybridized carbons (Fsp3) is 0.364. The third-order valence-corrected chi connectivity index (χ3v) is 4.62. The van der Waals surface area contributed by atoms with E-state index in [9.17, 15) is 14.0 Å². The number of hydrogen-bond acceptors (Lipinski definition) is 4. The Balaban J connectivity index is 1.41. The Bertz CT molecular complexity index is 854. The van der Waals surface area contributed by atoms with Crippen molar-refractivity contribution in [3.63, 3.8) is 0 Å². The maximum atomic E-state index is 12.9. The molecule has 1 aliphatic rings. The minimum absolute atomic E-state index is 0.0966. The van der Waals surface area contributed by atoms with Crippen molar-refractivity contribution in [2.45, 2.75) is 32.2 Å². The number of benzene rings is 2. The van der Waals surface area contributed by atoms with Gasteiger partial charge in [-0.2, -0.15) is 0 Å². The molecule has 1 atom stereocenters. The number of nitrogens with one attached hydrogen (secondary N) is 2. The van der Waals surface area contributed by atoms with Gasteiger partial charge in [0.25, 0.3) is 5.91 Å². The summed E-state index contributed by atoms with van der Waals surface area (Å²) in [5.74, 6) is 0.652. The van der Waals surface area contributed by atoms with Crippen LogP contribution in [0.2, 0.25) is 0 Å². The van der Waals surface area contributed by atoms with Gasteiger partial charge in [-0.3, -0.25) is 9.59 Å². The van der Waals surface area contributed by atoms with Crippen molar-refractivity contribution in [1.29, 1.82) is 0 Å². The number of hydrogen-bond donors (Lipinski definition) is 2. The number of fused-ring (bicyclic) bond motifs is 1. The van der Waals surface area contributed by atoms with Gasteiger partial charge in [0.2, 0.25) is 5.91 Å². The first-order valence-electron chi connectivity index (χ1n) is 9.75. The predicted molar refractivity (Wildman–Crippen MR) is 107 cm³/mol. The molecule has 0 bridgehead atoms. The Hall–Kier alpha value is -3.09. The first-order valence-corrected chi connectivity index (χ1v) is 9.75. The van der Waals surface area contributed by atoms with E-state index in [2.05, 4.69) is 10.6 Å². The van der Waals surface area contributed by atoms with Gasteiger partial charge >= 0.3 is 0 Å². The molecule has 1 heterocycles. The largest absolute Gasteiger partial charge is 0.490 e. The summed E-state index contributed by atoms with van der Waals surface area (Å²) in [6.45, 7) is 3.52. The van der Waals surface area contributed by atoms with Gasteiger partial charge < -0.3 is 20.1 Å². The van der Waals surface area contributed by atoms with Crippen LogP contribution in [0.25, 0.3) is 0 Å². The van der Waals surface area contributed by atoms with Gasteiger partial charge in [0.15, 0.2) is 11.5 Å². The number of amides is 2. The highest BCUT2D eigenvalue weighted by Gasteiger charge is 2.15. The second-order valence-electron chi connectivity index (χ2n) is 6.91. The van der Waals surface area contributed by atoms with Crippen molar-refractivity contribution in [1.82, 2.24) is 10.6 Å². The first-order chi connectivity index (χ1) is 14.0. The van der Waals surface area contributed by atoms with Crippen LogP contribution in [0.5, 0.6) is 11.5 Å². The monoisotopic (exact) mass is 400 g/mol. The highest BCUT2D eigenvalue weighted by molar-refractivity contribution is 5.94. The molecule has 154 valence electrons. The zero-order valence-corrected chi connectivity index (χ0v) is 16.4. The molecule has 0 aromatic heterocycles. The number of rotatable bonds is 7. The van der Waals surface area contributed by atoms with E-state index in [1.807, 2.05) is 25.1 Å². The molecule has 0 fully saturated rings. The van der Waals surface area contributed by atoms with E-state index in [1.54, 1.807) is 0 Å². The second-order valence-corrected chi connectivity index (χ2v) is 6.91. The Morgan fingerprint density at radius 2 is 1.79 bits per heavy atom. The van der Waals surface area contributed by atoms with Crippen molar-refractivity contribution in [2.75, 3.05) is 19.8 Å². The predicted octanol–water partition coefficient (Wildman–Crippen LogP) is 3.37. The average Bonchev–Trinajstić information content (AvgIpc) is 2.96. The molecule has 0 radical (unpaired) electrons. The Kier molecular flexibility index (Phi) is 7.05. The molecule has 0 saturated carbocycles. The zero-order valence-electron chi connectivity index (χ0n) is 16.4. The fourth-order valence-electron chi connectivity index (χ4n) is 3.00. The highest BCUT2D eigenvalue weighted by Crippen LogP contribution is 2.32. The van der Waals surface area contributed by atoms with E-state index in [-0.39, 0.29) is 23.7 Å². The van der Waals surface area contributed by atoms with E-state index in [0.717, 1.165) is 17.7 Å². The van der Waals surface area contributed by atoms with Crippen LogP contribution in [-0.2, 0) is 4.79 Å². The van der Waals surface area contributed by atoms with Crippen molar-refractivity contribution in [3.8, 4) is 11.5 Å². The molecular weight excluding hydrogens is 375 g/mol. The van der Waals surface area contributed by atoms with Gasteiger partial charge in [-0.1, -0.05) is 6.07 Å². The fourth-order valence-corrected chi connectivity index (χ4v) is 3.00. The number of halogens is 1. The molecule has 6 nitrogen and oxygen atoms in total. The summed E-state index contributed by atoms with van der Waals surface area (Å²) in [6.07, 6.45) is 1.64. The summed E-state index contributed by atoms with van der Waals surface area (Å²) >= 11 is 0. The molecular formula is C22H25FN2O4. The summed E-state index contributed by atoms with van der Waals surface area (Å²) in [6, 6.07) is 10.8. The summed E-state index contributed by atoms with van der Waals surface area (Å²) in [7, 11) is 0. The normalized spacial score (nSPS) is 13.9. The molecule has 2 N–H and O–H groups in total. The van der Waals surface area contributed by atoms with Gasteiger partial charge in [0, 0.05) is 24.9 Å². The minimum atomic E-state index is -0.388. The lowest BCUT2D eigenvalue weighted by Gasteiger charge is -2.16. The van der Waals surface area contributed by atoms with Crippen LogP contribution < -0.4 is 20.1 Å². The van der Waals surface area contributed by atoms with Crippen LogP contribution in [-0.4, -0.2) is 31.6 Å². The van der Waals surface area contributed by atoms with Crippen LogP contribution in [0.15, 0.2) is 42.5 Å². The number of carbonyl (C=O) groups excluding carboxylic acids is 2. The SMILES string of the molecule is CC(NC(=O)CCCNC(=O)c1ccc(F)cc1)c1ccc2c(c1)OCCCO2. The third-order valence-electron chi connectivity index (χ3n) is 4.62. The molecule has 29 heavy (non-hydrogen) atoms. The van der Waals surface area contributed by atoms with E-state index >= 15 is 0 Å². The quantitative estimate of drug-likeness (QED) is 0.699. The van der Waals surface area contributed by atoms with E-state index in [0.29, 0.717) is 43.9 Å². The molecule has 1 unspecified atom stereocenters. The van der Waals surface area contributed by atoms with Gasteiger partial charge in [0.1, 0.15) is 5.82 Å². The Morgan fingerprint density at radius 1 is 1.07 bits per heavy atom. The molecule has 3 rings (SSSR count). The van der Waals surface area contributed by atoms with Crippen LogP contribution in [0.1, 0.15) is 48.1 Å². The van der Waals surface area contributed by atoms with E-state index in [4.69, 9.17) is 9.47 Å². The van der Waals surface area contributed by atoms with Crippen molar-refractivity contribution < 1.29 is 23.5 Å². The van der Waals surface area contributed by atoms with Gasteiger partial charge in [-0.05, 0) is 55.3 Å². The Morgan fingerprint density at radius 3 is 2.55 bits per heavy atom. The molecule has 2 aromatic rings. The highest BCUT2D eigenvalue weighted by atomic mass is 19.1. The van der Waals surface area contributed by atoms with E-state index in [1.165, 1.54) is 24.3 Å². The minimum Gasteiger partial charge on any atom is -0.490 e. The summed E-state index contributed by atoms with van der Waals surface area (Å²) in [4.78, 5) is 24.2. The van der Waals surface area contributed by atoms with Crippen LogP contribution in [0.3, 0.4) is 0 Å². The molecule has 2 amide bonds. The average molecular weight is 400 g/mol. The third kappa shape index (κ3) is 5.94. The van der Waals surface area contributed by atoms with Crippen molar-refractivity contribution >= 4 is 11.8 Å². The van der Waals surface area contributed by atoms with E-state index < -0.39 is 0 Å². The van der Waals surface area contributed by atoms with Gasteiger partial charge in [-0.25, -0.2) is 4.39 Å². The maximum Gasteiger partial charge on any atom is 0.251 e. The number of carbonyl (C=O) groups is 2. The summed E-state index contributed by atoms with van der Waals surface area (Å²) in [5, 5.41) is 5.68. The molecule has 2 aromatic carbocycles. The van der Waals surface area contributed by atoms with Crippen LogP contribution >= 0.6 is 0 Å². The molecule has 0 aliphatic carbocycles. The lowest BCUT2D eigenvalue weighted by atomic mass is 10.1. The smallest absolute Gasteiger partial charge is 0.251 e. The lowest BCUT2D eigenvalue weighted by molar-refractivity contribution is -0.121.